The van der Waals surface area contributed by atoms with Crippen molar-refractivity contribution in [2.45, 2.75) is 6.18 Å². The molecule has 2 aromatic carbocycles. The summed E-state index contributed by atoms with van der Waals surface area (Å²) in [4.78, 5) is 12.2. The van der Waals surface area contributed by atoms with Crippen LogP contribution in [0.1, 0.15) is 27.0 Å². The Bertz CT molecular complexity index is 929. The molecular formula is C16H4F7O2-. The van der Waals surface area contributed by atoms with Gasteiger partial charge in [-0.2, -0.15) is 13.2 Å². The van der Waals surface area contributed by atoms with Crippen LogP contribution in [0, 0.1) is 23.3 Å². The lowest BCUT2D eigenvalue weighted by atomic mass is 9.98. The molecule has 130 valence electrons. The van der Waals surface area contributed by atoms with Crippen molar-refractivity contribution in [1.82, 2.24) is 0 Å². The molecule has 0 fully saturated rings. The van der Waals surface area contributed by atoms with Crippen molar-refractivity contribution in [2.24, 2.45) is 0 Å². The van der Waals surface area contributed by atoms with Gasteiger partial charge in [-0.25, -0.2) is 17.6 Å². The zero-order valence-electron chi connectivity index (χ0n) is 11.8. The minimum Gasteiger partial charge on any atom is -0.872 e. The van der Waals surface area contributed by atoms with E-state index in [0.717, 1.165) is 12.1 Å². The van der Waals surface area contributed by atoms with Crippen LogP contribution in [-0.2, 0) is 6.18 Å². The molecule has 0 aliphatic heterocycles. The van der Waals surface area contributed by atoms with Crippen LogP contribution < -0.4 is 5.11 Å². The summed E-state index contributed by atoms with van der Waals surface area (Å²) in [6, 6.07) is 4.92. The van der Waals surface area contributed by atoms with Crippen molar-refractivity contribution in [2.75, 3.05) is 0 Å². The maximum absolute atomic E-state index is 14.0. The van der Waals surface area contributed by atoms with E-state index in [4.69, 9.17) is 0 Å². The summed E-state index contributed by atoms with van der Waals surface area (Å²) < 4.78 is 93.3. The molecule has 0 aromatic heterocycles. The standard InChI is InChI=1S/C16H5F7O2/c17-10-7(11(18)13(20)9(12(10)19)16(21,22)23)8-14(24)5-3-1-2-4-6(5)15(8)25/h1-4,24H/p-1. The van der Waals surface area contributed by atoms with Crippen LogP contribution in [0.3, 0.4) is 0 Å². The van der Waals surface area contributed by atoms with Crippen molar-refractivity contribution in [3.8, 4) is 0 Å². The SMILES string of the molecule is O=C1C(c2c(F)c(F)c(C(F)(F)F)c(F)c2F)=C([O-])c2ccccc21. The second-order valence-corrected chi connectivity index (χ2v) is 5.08. The van der Waals surface area contributed by atoms with E-state index in [1.54, 1.807) is 0 Å². The molecule has 0 saturated heterocycles. The predicted molar refractivity (Wildman–Crippen MR) is 68.9 cm³/mol. The number of carbonyl (C=O) groups excluding carboxylic acids is 1. The number of rotatable bonds is 1. The van der Waals surface area contributed by atoms with Crippen molar-refractivity contribution in [3.63, 3.8) is 0 Å². The van der Waals surface area contributed by atoms with E-state index in [9.17, 15) is 40.6 Å². The molecule has 3 rings (SSSR count). The molecule has 25 heavy (non-hydrogen) atoms. The largest absolute Gasteiger partial charge is 0.872 e. The van der Waals surface area contributed by atoms with E-state index in [1.807, 2.05) is 0 Å². The Morgan fingerprint density at radius 1 is 0.800 bits per heavy atom. The van der Waals surface area contributed by atoms with Crippen molar-refractivity contribution < 1.29 is 40.6 Å². The number of hydrogen-bond acceptors (Lipinski definition) is 2. The molecule has 0 unspecified atom stereocenters. The minimum absolute atomic E-state index is 0.276. The molecule has 0 heterocycles. The Kier molecular flexibility index (Phi) is 3.63. The molecule has 9 heteroatoms. The monoisotopic (exact) mass is 361 g/mol. The average Bonchev–Trinajstić information content (AvgIpc) is 2.78. The summed E-state index contributed by atoms with van der Waals surface area (Å²) in [6.07, 6.45) is -5.72. The first-order valence-corrected chi connectivity index (χ1v) is 6.56. The van der Waals surface area contributed by atoms with Gasteiger partial charge in [-0.3, -0.25) is 4.79 Å². The zero-order chi connectivity index (χ0) is 18.7. The maximum atomic E-state index is 14.0. The van der Waals surface area contributed by atoms with Gasteiger partial charge in [0, 0.05) is 11.1 Å². The lowest BCUT2D eigenvalue weighted by Gasteiger charge is -2.16. The Hall–Kier alpha value is -2.84. The summed E-state index contributed by atoms with van der Waals surface area (Å²) in [5.74, 6) is -12.9. The van der Waals surface area contributed by atoms with Crippen LogP contribution in [-0.4, -0.2) is 5.78 Å². The van der Waals surface area contributed by atoms with Gasteiger partial charge in [-0.1, -0.05) is 30.0 Å². The van der Waals surface area contributed by atoms with E-state index in [2.05, 4.69) is 0 Å². The highest BCUT2D eigenvalue weighted by molar-refractivity contribution is 6.38. The number of halogens is 7. The summed E-state index contributed by atoms with van der Waals surface area (Å²) in [6.45, 7) is 0. The lowest BCUT2D eigenvalue weighted by molar-refractivity contribution is -0.242. The second kappa shape index (κ2) is 5.33. The minimum atomic E-state index is -5.72. The highest BCUT2D eigenvalue weighted by atomic mass is 19.4. The quantitative estimate of drug-likeness (QED) is 0.574. The Morgan fingerprint density at radius 2 is 1.28 bits per heavy atom. The Balaban J connectivity index is 2.35. The molecule has 1 aliphatic carbocycles. The van der Waals surface area contributed by atoms with Crippen molar-refractivity contribution in [3.05, 3.63) is 69.8 Å². The number of Topliss-reactive ketones (excluding diaryl/α,β-unsaturated/α-hetero) is 1. The van der Waals surface area contributed by atoms with Gasteiger partial charge in [0.1, 0.15) is 5.56 Å². The van der Waals surface area contributed by atoms with Gasteiger partial charge in [0.15, 0.2) is 29.1 Å². The van der Waals surface area contributed by atoms with E-state index in [0.29, 0.717) is 0 Å². The summed E-state index contributed by atoms with van der Waals surface area (Å²) in [7, 11) is 0. The normalized spacial score (nSPS) is 14.3. The van der Waals surface area contributed by atoms with E-state index >= 15 is 0 Å². The molecule has 0 atom stereocenters. The molecule has 0 N–H and O–H groups in total. The number of benzene rings is 2. The van der Waals surface area contributed by atoms with Crippen molar-refractivity contribution in [1.29, 1.82) is 0 Å². The van der Waals surface area contributed by atoms with Gasteiger partial charge in [-0.05, 0) is 5.56 Å². The van der Waals surface area contributed by atoms with Crippen LogP contribution in [0.5, 0.6) is 0 Å². The van der Waals surface area contributed by atoms with Crippen LogP contribution >= 0.6 is 0 Å². The van der Waals surface area contributed by atoms with Crippen LogP contribution in [0.4, 0.5) is 30.7 Å². The van der Waals surface area contributed by atoms with Crippen LogP contribution in [0.25, 0.3) is 11.3 Å². The predicted octanol–water partition coefficient (Wildman–Crippen LogP) is 3.69. The molecular weight excluding hydrogens is 357 g/mol. The number of hydrogen-bond donors (Lipinski definition) is 0. The second-order valence-electron chi connectivity index (χ2n) is 5.08. The molecule has 0 bridgehead atoms. The highest BCUT2D eigenvalue weighted by Crippen LogP contribution is 2.42. The summed E-state index contributed by atoms with van der Waals surface area (Å²) >= 11 is 0. The summed E-state index contributed by atoms with van der Waals surface area (Å²) in [5, 5.41) is 12.2. The van der Waals surface area contributed by atoms with Gasteiger partial charge in [0.05, 0.1) is 5.56 Å². The third-order valence-electron chi connectivity index (χ3n) is 3.67. The summed E-state index contributed by atoms with van der Waals surface area (Å²) in [5.41, 5.74) is -6.34. The number of allylic oxidation sites excluding steroid dienone is 1. The van der Waals surface area contributed by atoms with Crippen molar-refractivity contribution >= 4 is 17.1 Å². The number of alkyl halides is 3. The molecule has 0 spiro atoms. The fourth-order valence-electron chi connectivity index (χ4n) is 2.58. The number of ketones is 1. The van der Waals surface area contributed by atoms with Crippen LogP contribution in [0.2, 0.25) is 0 Å². The number of carbonyl (C=O) groups is 1. The fraction of sp³-hybridized carbons (Fsp3) is 0.0625. The highest BCUT2D eigenvalue weighted by Gasteiger charge is 2.43. The first-order chi connectivity index (χ1) is 11.6. The molecule has 0 saturated carbocycles. The topological polar surface area (TPSA) is 40.1 Å². The third-order valence-corrected chi connectivity index (χ3v) is 3.67. The molecule has 0 radical (unpaired) electrons. The zero-order valence-corrected chi connectivity index (χ0v) is 11.8. The van der Waals surface area contributed by atoms with Gasteiger partial charge >= 0.3 is 6.18 Å². The Morgan fingerprint density at radius 3 is 1.72 bits per heavy atom. The molecule has 2 aromatic rings. The average molecular weight is 361 g/mol. The van der Waals surface area contributed by atoms with Gasteiger partial charge in [-0.15, -0.1) is 0 Å². The van der Waals surface area contributed by atoms with Crippen LogP contribution in [0.15, 0.2) is 24.3 Å². The first-order valence-electron chi connectivity index (χ1n) is 6.56. The van der Waals surface area contributed by atoms with Gasteiger partial charge in [0.2, 0.25) is 0 Å². The fourth-order valence-corrected chi connectivity index (χ4v) is 2.58. The van der Waals surface area contributed by atoms with Gasteiger partial charge < -0.3 is 5.11 Å². The third kappa shape index (κ3) is 2.30. The first kappa shape index (κ1) is 17.0. The molecule has 0 amide bonds. The smallest absolute Gasteiger partial charge is 0.422 e. The molecule has 1 aliphatic rings. The van der Waals surface area contributed by atoms with E-state index < -0.39 is 57.7 Å². The van der Waals surface area contributed by atoms with E-state index in [1.165, 1.54) is 12.1 Å². The number of fused-ring (bicyclic) bond motifs is 1. The van der Waals surface area contributed by atoms with E-state index in [-0.39, 0.29) is 11.1 Å². The lowest BCUT2D eigenvalue weighted by Crippen LogP contribution is -2.18. The maximum Gasteiger partial charge on any atom is 0.422 e. The van der Waals surface area contributed by atoms with Gasteiger partial charge in [0.25, 0.3) is 0 Å². The molecule has 2 nitrogen and oxygen atoms in total. The Labute approximate surface area is 134 Å².